The average molecular weight is 490 g/mol. The molecule has 0 amide bonds. The Labute approximate surface area is 220 Å². The second-order valence-electron chi connectivity index (χ2n) is 9.28. The number of phenolic OH excluding ortho intramolecular Hbond substituents is 1. The number of aromatic nitrogens is 3. The van der Waals surface area contributed by atoms with E-state index in [1.165, 1.54) is 5.39 Å². The highest BCUT2D eigenvalue weighted by molar-refractivity contribution is 6.07. The van der Waals surface area contributed by atoms with E-state index in [0.29, 0.717) is 5.56 Å². The molecule has 0 fully saturated rings. The highest BCUT2D eigenvalue weighted by Gasteiger charge is 2.14. The zero-order valence-corrected chi connectivity index (χ0v) is 20.5. The standard InChI is InChI=1S/C34H23N3O/c38-33-19-18-24(23-9-2-1-3-10-23)22-29(33)31-16-7-15-30(36-31)25-11-6-12-26(21-25)37-32-17-5-4-13-27(32)28-14-8-20-35-34(28)37/h1-22,38H. The summed E-state index contributed by atoms with van der Waals surface area (Å²) in [5.41, 5.74) is 8.44. The van der Waals surface area contributed by atoms with Gasteiger partial charge in [-0.15, -0.1) is 0 Å². The Morgan fingerprint density at radius 3 is 2.24 bits per heavy atom. The second-order valence-corrected chi connectivity index (χ2v) is 9.28. The van der Waals surface area contributed by atoms with E-state index in [2.05, 4.69) is 71.3 Å². The monoisotopic (exact) mass is 489 g/mol. The predicted molar refractivity (Wildman–Crippen MR) is 154 cm³/mol. The van der Waals surface area contributed by atoms with E-state index in [1.807, 2.05) is 60.8 Å². The second kappa shape index (κ2) is 9.02. The molecule has 0 aliphatic heterocycles. The van der Waals surface area contributed by atoms with E-state index in [1.54, 1.807) is 6.07 Å². The molecular weight excluding hydrogens is 466 g/mol. The van der Waals surface area contributed by atoms with Crippen LogP contribution in [0.25, 0.3) is 61.3 Å². The van der Waals surface area contributed by atoms with Gasteiger partial charge in [0, 0.05) is 33.8 Å². The molecule has 0 radical (unpaired) electrons. The molecular formula is C34H23N3O. The van der Waals surface area contributed by atoms with Crippen LogP contribution >= 0.6 is 0 Å². The Kier molecular flexibility index (Phi) is 5.22. The minimum absolute atomic E-state index is 0.208. The van der Waals surface area contributed by atoms with Crippen LogP contribution in [0.4, 0.5) is 0 Å². The molecule has 0 bridgehead atoms. The highest BCUT2D eigenvalue weighted by atomic mass is 16.3. The maximum absolute atomic E-state index is 10.7. The Morgan fingerprint density at radius 1 is 0.553 bits per heavy atom. The summed E-state index contributed by atoms with van der Waals surface area (Å²) in [5, 5.41) is 13.0. The molecule has 0 saturated carbocycles. The van der Waals surface area contributed by atoms with E-state index < -0.39 is 0 Å². The van der Waals surface area contributed by atoms with Crippen molar-refractivity contribution < 1.29 is 5.11 Å². The van der Waals surface area contributed by atoms with E-state index in [0.717, 1.165) is 50.3 Å². The molecule has 3 aromatic heterocycles. The first-order valence-electron chi connectivity index (χ1n) is 12.6. The molecule has 180 valence electrons. The Hall–Kier alpha value is -5.22. The summed E-state index contributed by atoms with van der Waals surface area (Å²) in [6.45, 7) is 0. The number of hydrogen-bond acceptors (Lipinski definition) is 3. The van der Waals surface area contributed by atoms with Crippen LogP contribution in [0.1, 0.15) is 0 Å². The lowest BCUT2D eigenvalue weighted by Gasteiger charge is -2.11. The van der Waals surface area contributed by atoms with Gasteiger partial charge in [-0.05, 0) is 65.7 Å². The third-order valence-electron chi connectivity index (χ3n) is 6.96. The van der Waals surface area contributed by atoms with Crippen molar-refractivity contribution in [1.29, 1.82) is 0 Å². The zero-order chi connectivity index (χ0) is 25.5. The summed E-state index contributed by atoms with van der Waals surface area (Å²) in [4.78, 5) is 9.68. The number of phenols is 1. The van der Waals surface area contributed by atoms with Crippen molar-refractivity contribution in [2.45, 2.75) is 0 Å². The fourth-order valence-corrected chi connectivity index (χ4v) is 5.16. The van der Waals surface area contributed by atoms with Crippen LogP contribution in [0.3, 0.4) is 0 Å². The van der Waals surface area contributed by atoms with Crippen molar-refractivity contribution in [3.8, 4) is 45.1 Å². The zero-order valence-electron chi connectivity index (χ0n) is 20.5. The minimum atomic E-state index is 0.208. The van der Waals surface area contributed by atoms with Gasteiger partial charge in [-0.3, -0.25) is 4.57 Å². The Morgan fingerprint density at radius 2 is 1.32 bits per heavy atom. The topological polar surface area (TPSA) is 50.9 Å². The normalized spacial score (nSPS) is 11.3. The van der Waals surface area contributed by atoms with Crippen molar-refractivity contribution in [3.05, 3.63) is 134 Å². The number of nitrogens with zero attached hydrogens (tertiary/aromatic N) is 3. The molecule has 7 aromatic rings. The molecule has 1 N–H and O–H groups in total. The molecule has 4 nitrogen and oxygen atoms in total. The van der Waals surface area contributed by atoms with Crippen LogP contribution in [-0.2, 0) is 0 Å². The predicted octanol–water partition coefficient (Wildman–Crippen LogP) is 8.28. The lowest BCUT2D eigenvalue weighted by Crippen LogP contribution is -1.96. The summed E-state index contributed by atoms with van der Waals surface area (Å²) in [7, 11) is 0. The van der Waals surface area contributed by atoms with Gasteiger partial charge in [0.25, 0.3) is 0 Å². The summed E-state index contributed by atoms with van der Waals surface area (Å²) < 4.78 is 2.20. The van der Waals surface area contributed by atoms with E-state index in [-0.39, 0.29) is 5.75 Å². The van der Waals surface area contributed by atoms with Crippen molar-refractivity contribution in [3.63, 3.8) is 0 Å². The van der Waals surface area contributed by atoms with E-state index >= 15 is 0 Å². The summed E-state index contributed by atoms with van der Waals surface area (Å²) in [6, 6.07) is 42.6. The van der Waals surface area contributed by atoms with Crippen LogP contribution in [0.15, 0.2) is 134 Å². The Bertz CT molecular complexity index is 1890. The minimum Gasteiger partial charge on any atom is -0.507 e. The van der Waals surface area contributed by atoms with Crippen LogP contribution in [-0.4, -0.2) is 19.6 Å². The number of rotatable bonds is 4. The molecule has 0 unspecified atom stereocenters. The molecule has 0 saturated heterocycles. The number of hydrogen-bond donors (Lipinski definition) is 1. The van der Waals surface area contributed by atoms with Gasteiger partial charge in [0.2, 0.25) is 0 Å². The van der Waals surface area contributed by atoms with Crippen LogP contribution in [0.2, 0.25) is 0 Å². The SMILES string of the molecule is Oc1ccc(-c2ccccc2)cc1-c1cccc(-c2cccc(-n3c4ccccc4c4cccnc43)c2)n1. The van der Waals surface area contributed by atoms with Crippen LogP contribution in [0, 0.1) is 0 Å². The van der Waals surface area contributed by atoms with E-state index in [9.17, 15) is 5.11 Å². The largest absolute Gasteiger partial charge is 0.507 e. The molecule has 0 spiro atoms. The molecule has 4 heteroatoms. The molecule has 0 aliphatic rings. The van der Waals surface area contributed by atoms with Crippen molar-refractivity contribution >= 4 is 21.9 Å². The molecule has 0 atom stereocenters. The quantitative estimate of drug-likeness (QED) is 0.271. The maximum Gasteiger partial charge on any atom is 0.145 e. The molecule has 3 heterocycles. The van der Waals surface area contributed by atoms with Gasteiger partial charge in [-0.2, -0.15) is 0 Å². The first-order valence-corrected chi connectivity index (χ1v) is 12.6. The fraction of sp³-hybridized carbons (Fsp3) is 0. The van der Waals surface area contributed by atoms with Crippen molar-refractivity contribution in [2.75, 3.05) is 0 Å². The average Bonchev–Trinajstić information content (AvgIpc) is 3.32. The van der Waals surface area contributed by atoms with Gasteiger partial charge in [0.1, 0.15) is 11.4 Å². The summed E-state index contributed by atoms with van der Waals surface area (Å²) >= 11 is 0. The first-order chi connectivity index (χ1) is 18.8. The first kappa shape index (κ1) is 22.0. The van der Waals surface area contributed by atoms with Crippen molar-refractivity contribution in [1.82, 2.24) is 14.5 Å². The number of pyridine rings is 2. The molecule has 0 aliphatic carbocycles. The number of aromatic hydroxyl groups is 1. The highest BCUT2D eigenvalue weighted by Crippen LogP contribution is 2.35. The molecule has 7 rings (SSSR count). The maximum atomic E-state index is 10.7. The number of benzene rings is 4. The van der Waals surface area contributed by atoms with E-state index in [4.69, 9.17) is 9.97 Å². The lowest BCUT2D eigenvalue weighted by atomic mass is 10.00. The van der Waals surface area contributed by atoms with Gasteiger partial charge in [0.15, 0.2) is 0 Å². The Balaban J connectivity index is 1.34. The smallest absolute Gasteiger partial charge is 0.145 e. The van der Waals surface area contributed by atoms with Crippen LogP contribution < -0.4 is 0 Å². The van der Waals surface area contributed by atoms with Gasteiger partial charge >= 0.3 is 0 Å². The summed E-state index contributed by atoms with van der Waals surface area (Å²) in [6.07, 6.45) is 1.84. The fourth-order valence-electron chi connectivity index (χ4n) is 5.16. The lowest BCUT2D eigenvalue weighted by molar-refractivity contribution is 0.477. The van der Waals surface area contributed by atoms with Gasteiger partial charge in [-0.1, -0.05) is 72.8 Å². The van der Waals surface area contributed by atoms with Crippen molar-refractivity contribution in [2.24, 2.45) is 0 Å². The third-order valence-corrected chi connectivity index (χ3v) is 6.96. The number of fused-ring (bicyclic) bond motifs is 3. The molecule has 38 heavy (non-hydrogen) atoms. The third kappa shape index (κ3) is 3.71. The van der Waals surface area contributed by atoms with Gasteiger partial charge in [-0.25, -0.2) is 9.97 Å². The molecule has 4 aromatic carbocycles. The number of para-hydroxylation sites is 1. The van der Waals surface area contributed by atoms with Gasteiger partial charge in [0.05, 0.1) is 16.9 Å². The van der Waals surface area contributed by atoms with Gasteiger partial charge < -0.3 is 5.11 Å². The van der Waals surface area contributed by atoms with Crippen LogP contribution in [0.5, 0.6) is 5.75 Å². The summed E-state index contributed by atoms with van der Waals surface area (Å²) in [5.74, 6) is 0.208.